The number of H-pyrrole nitrogens is 3. The number of aromatic amines is 3. The van der Waals surface area contributed by atoms with Crippen LogP contribution in [0.15, 0.2) is 71.6 Å². The zero-order valence-corrected chi connectivity index (χ0v) is 50.4. The molecule has 30 nitrogen and oxygen atoms in total. The molecule has 0 spiro atoms. The van der Waals surface area contributed by atoms with Crippen molar-refractivity contribution in [3.05, 3.63) is 178 Å². The van der Waals surface area contributed by atoms with Gasteiger partial charge in [0.2, 0.25) is 6.54 Å². The van der Waals surface area contributed by atoms with Gasteiger partial charge in [-0.2, -0.15) is 0 Å². The van der Waals surface area contributed by atoms with E-state index in [1.807, 2.05) is 41.5 Å². The fraction of sp³-hybridized carbons (Fsp3) is 0.491. The van der Waals surface area contributed by atoms with Crippen molar-refractivity contribution in [3.63, 3.8) is 0 Å². The number of nitrogens with zero attached hydrogens (tertiary/aromatic N) is 4. The van der Waals surface area contributed by atoms with E-state index >= 15 is 0 Å². The van der Waals surface area contributed by atoms with E-state index in [9.17, 15) is 62.7 Å². The van der Waals surface area contributed by atoms with Crippen molar-refractivity contribution < 1.29 is 80.7 Å². The van der Waals surface area contributed by atoms with Crippen molar-refractivity contribution in [2.24, 2.45) is 0 Å². The number of esters is 4. The van der Waals surface area contributed by atoms with Gasteiger partial charge in [-0.05, 0) is 120 Å². The van der Waals surface area contributed by atoms with Crippen molar-refractivity contribution in [2.45, 2.75) is 137 Å². The Morgan fingerprint density at radius 1 is 0.557 bits per heavy atom. The topological polar surface area (TPSA) is 387 Å². The van der Waals surface area contributed by atoms with E-state index in [0.717, 1.165) is 42.5 Å². The molecule has 0 radical (unpaired) electrons. The number of carbonyl (C=O) groups excluding carboxylic acids is 4. The number of benzene rings is 2. The summed E-state index contributed by atoms with van der Waals surface area (Å²) in [7, 11) is -4.68. The summed E-state index contributed by atoms with van der Waals surface area (Å²) in [6.45, 7) is 19.1. The first-order valence-electron chi connectivity index (χ1n) is 27.6. The summed E-state index contributed by atoms with van der Waals surface area (Å²) < 4.78 is 73.0. The Bertz CT molecular complexity index is 3870. The highest BCUT2D eigenvalue weighted by molar-refractivity contribution is 7.48. The van der Waals surface area contributed by atoms with Gasteiger partial charge in [0.05, 0.1) is 30.9 Å². The molecule has 10 atom stereocenters. The Morgan fingerprint density at radius 3 is 1.28 bits per heavy atom. The molecule has 3 aliphatic heterocycles. The highest BCUT2D eigenvalue weighted by Gasteiger charge is 2.46. The molecule has 2 aromatic carbocycles. The summed E-state index contributed by atoms with van der Waals surface area (Å²) >= 11 is 0. The fourth-order valence-electron chi connectivity index (χ4n) is 9.61. The number of nitrogens with one attached hydrogen (secondary N) is 3. The molecule has 0 aliphatic carbocycles. The summed E-state index contributed by atoms with van der Waals surface area (Å²) in [5.74, 6) is -3.21. The second-order valence-corrected chi connectivity index (χ2v) is 22.8. The van der Waals surface area contributed by atoms with Gasteiger partial charge in [0.25, 0.3) is 16.7 Å². The Morgan fingerprint density at radius 2 is 0.909 bits per heavy atom. The number of ether oxygens (including phenoxy) is 7. The Balaban J connectivity index is 0.000000292. The van der Waals surface area contributed by atoms with Crippen LogP contribution in [0.4, 0.5) is 0 Å². The molecule has 8 rings (SSSR count). The minimum atomic E-state index is -4.68. The van der Waals surface area contributed by atoms with Crippen molar-refractivity contribution >= 4 is 31.7 Å². The predicted octanol–water partition coefficient (Wildman–Crippen LogP) is 2.23. The minimum Gasteiger partial charge on any atom is -0.457 e. The van der Waals surface area contributed by atoms with Crippen LogP contribution in [0.3, 0.4) is 0 Å². The van der Waals surface area contributed by atoms with Crippen molar-refractivity contribution in [1.82, 2.24) is 28.7 Å². The highest BCUT2D eigenvalue weighted by atomic mass is 31.2. The lowest BCUT2D eigenvalue weighted by Gasteiger charge is -2.25. The summed E-state index contributed by atoms with van der Waals surface area (Å²) in [6, 6.07) is 6.65. The van der Waals surface area contributed by atoms with Gasteiger partial charge in [-0.1, -0.05) is 0 Å². The van der Waals surface area contributed by atoms with Crippen LogP contribution in [0.25, 0.3) is 4.85 Å². The first-order chi connectivity index (χ1) is 41.6. The lowest BCUT2D eigenvalue weighted by Crippen LogP contribution is -2.34. The number of aromatic nitrogens is 6. The van der Waals surface area contributed by atoms with E-state index in [1.165, 1.54) is 43.9 Å². The number of aliphatic hydroxyl groups is 2. The molecule has 88 heavy (non-hydrogen) atoms. The quantitative estimate of drug-likeness (QED) is 0.0231. The van der Waals surface area contributed by atoms with E-state index in [4.69, 9.17) is 53.3 Å². The number of carbonyl (C=O) groups is 4. The van der Waals surface area contributed by atoms with Crippen LogP contribution < -0.4 is 33.7 Å². The second kappa shape index (κ2) is 29.2. The smallest absolute Gasteiger partial charge is 0.457 e. The summed E-state index contributed by atoms with van der Waals surface area (Å²) in [5, 5.41) is 19.6. The van der Waals surface area contributed by atoms with Gasteiger partial charge in [-0.15, -0.1) is 0 Å². The predicted molar refractivity (Wildman–Crippen MR) is 305 cm³/mol. The van der Waals surface area contributed by atoms with Crippen LogP contribution in [0, 0.1) is 68.9 Å². The van der Waals surface area contributed by atoms with Crippen LogP contribution in [0.5, 0.6) is 0 Å². The number of hydrogen-bond acceptors (Lipinski definition) is 23. The third-order valence-corrected chi connectivity index (χ3v) is 16.4. The average molecular weight is 1250 g/mol. The first kappa shape index (κ1) is 67.3. The fourth-order valence-corrected chi connectivity index (χ4v) is 11.0. The largest absolute Gasteiger partial charge is 0.475 e. The van der Waals surface area contributed by atoms with E-state index < -0.39 is 160 Å². The van der Waals surface area contributed by atoms with Crippen LogP contribution in [0.1, 0.15) is 109 Å². The van der Waals surface area contributed by atoms with Gasteiger partial charge in [-0.25, -0.2) is 44.7 Å². The molecular weight excluding hydrogens is 1180 g/mol. The molecule has 3 aromatic heterocycles. The number of rotatable bonds is 21. The maximum Gasteiger partial charge on any atom is 0.475 e. The Hall–Kier alpha value is -8.24. The Labute approximate surface area is 500 Å². The number of phosphoric acid groups is 1. The number of aryl methyl sites for hydroxylation is 7. The van der Waals surface area contributed by atoms with E-state index in [1.54, 1.807) is 24.3 Å². The molecule has 0 saturated carbocycles. The zero-order chi connectivity index (χ0) is 64.5. The molecule has 3 aliphatic rings. The molecular formula is C57H68N7O23P. The van der Waals surface area contributed by atoms with Crippen LogP contribution >= 0.6 is 7.82 Å². The first-order valence-corrected chi connectivity index (χ1v) is 29.0. The van der Waals surface area contributed by atoms with Gasteiger partial charge < -0.3 is 48.2 Å². The normalized spacial score (nSPS) is 22.0. The van der Waals surface area contributed by atoms with Crippen molar-refractivity contribution in [3.8, 4) is 0 Å². The van der Waals surface area contributed by atoms with Crippen LogP contribution in [-0.4, -0.2) is 146 Å². The molecule has 0 amide bonds. The van der Waals surface area contributed by atoms with Gasteiger partial charge >= 0.3 is 48.8 Å². The summed E-state index contributed by atoms with van der Waals surface area (Å²) in [5.41, 5.74) is 2.89. The maximum absolute atomic E-state index is 14.1. The lowest BCUT2D eigenvalue weighted by atomic mass is 10.0. The van der Waals surface area contributed by atoms with E-state index in [-0.39, 0.29) is 42.5 Å². The monoisotopic (exact) mass is 1250 g/mol. The third kappa shape index (κ3) is 16.5. The highest BCUT2D eigenvalue weighted by Crippen LogP contribution is 2.53. The van der Waals surface area contributed by atoms with Gasteiger partial charge in [-0.3, -0.25) is 56.6 Å². The zero-order valence-electron chi connectivity index (χ0n) is 49.5. The van der Waals surface area contributed by atoms with Gasteiger partial charge in [0.1, 0.15) is 61.9 Å². The Kier molecular flexibility index (Phi) is 22.3. The molecule has 0 bridgehead atoms. The van der Waals surface area contributed by atoms with Gasteiger partial charge in [0, 0.05) is 54.5 Å². The summed E-state index contributed by atoms with van der Waals surface area (Å²) in [4.78, 5) is 133. The molecule has 3 saturated heterocycles. The molecule has 5 N–H and O–H groups in total. The second-order valence-electron chi connectivity index (χ2n) is 21.2. The minimum absolute atomic E-state index is 0.0760. The molecule has 6 heterocycles. The summed E-state index contributed by atoms with van der Waals surface area (Å²) in [6.07, 6.45) is -5.97. The number of hydrogen-bond donors (Lipinski definition) is 5. The molecule has 5 aromatic rings. The number of phosphoric ester groups is 1. The standard InChI is InChI=1S/C35H42N5O15P.C22H26N2O8/c1-18-9-23(10-19(2)22(18)5)33(45)49-17-30(42)54-24-11-28(39-13-20(3)31(43)37-34(39)46)53-27(24)16-51-56(48,50-8-7-36-6)55-25-12-29(52-26(25)15-41)40-14-21(4)32(44)38-35(40)47;1-11-5-15(6-12(2)14(11)4)21(28)30-10-19(26)32-16-7-18(31-17(16)9-25)24-8-13(3)20(27)23-22(24)29/h9-10,13-14,24-29,41H,7-8,11-12,15-17H2,1-5H3,(H,37,43,46)(H,38,44,47);5-6,8,16-18,25H,7,9-10H2,1-4H3,(H,23,27,29). The third-order valence-electron chi connectivity index (χ3n) is 14.9. The molecule has 3 fully saturated rings. The van der Waals surface area contributed by atoms with Crippen LogP contribution in [-0.2, 0) is 60.9 Å². The average Bonchev–Trinajstić information content (AvgIpc) is 4.23. The molecule has 474 valence electrons. The van der Waals surface area contributed by atoms with Crippen molar-refractivity contribution in [1.29, 1.82) is 0 Å². The lowest BCUT2D eigenvalue weighted by molar-refractivity contribution is -0.157. The molecule has 31 heteroatoms. The van der Waals surface area contributed by atoms with Gasteiger partial charge in [0.15, 0.2) is 13.2 Å². The van der Waals surface area contributed by atoms with Crippen molar-refractivity contribution in [2.75, 3.05) is 46.2 Å². The van der Waals surface area contributed by atoms with E-state index in [2.05, 4.69) is 19.8 Å². The molecule has 10 unspecified atom stereocenters. The van der Waals surface area contributed by atoms with Crippen LogP contribution in [0.2, 0.25) is 0 Å². The maximum atomic E-state index is 14.1. The van der Waals surface area contributed by atoms with E-state index in [0.29, 0.717) is 11.1 Å². The SMILES string of the molecule is Cc1cc(C(=O)OCC(=O)OC2CC(n3cc(C)c(=O)[nH]c3=O)OC2CO)cc(C)c1C.[C-]#[N+]CCOP(=O)(OCC1OC(n2cc(C)c(=O)[nH]c2=O)CC1OC(=O)COC(=O)c1cc(C)c(C)c(C)c1)OC1CC(n2cc(C)c(=O)[nH]c2=O)OC1CO. The number of aliphatic hydroxyl groups excluding tert-OH is 2.